The van der Waals surface area contributed by atoms with Gasteiger partial charge in [-0.1, -0.05) is 42.5 Å². The van der Waals surface area contributed by atoms with Crippen LogP contribution in [-0.4, -0.2) is 25.3 Å². The number of hydrogen-bond acceptors (Lipinski definition) is 4. The van der Waals surface area contributed by atoms with Crippen molar-refractivity contribution < 1.29 is 32.2 Å². The SMILES string of the molecule is COC(=O)C(NC(=O)CCc1ccc(OC(F)(F)F)cc1)c1ccccc1. The highest BCUT2D eigenvalue weighted by Gasteiger charge is 2.31. The van der Waals surface area contributed by atoms with Gasteiger partial charge >= 0.3 is 12.3 Å². The predicted molar refractivity (Wildman–Crippen MR) is 90.8 cm³/mol. The minimum absolute atomic E-state index is 0.0554. The summed E-state index contributed by atoms with van der Waals surface area (Å²) in [6.45, 7) is 0. The van der Waals surface area contributed by atoms with E-state index in [0.29, 0.717) is 17.5 Å². The number of carbonyl (C=O) groups is 2. The number of hydrogen-bond donors (Lipinski definition) is 1. The fraction of sp³-hybridized carbons (Fsp3) is 0.263. The second-order valence-corrected chi connectivity index (χ2v) is 5.63. The Labute approximate surface area is 154 Å². The molecule has 2 rings (SSSR count). The minimum Gasteiger partial charge on any atom is -0.467 e. The number of rotatable bonds is 7. The lowest BCUT2D eigenvalue weighted by Crippen LogP contribution is -2.34. The Hall–Kier alpha value is -3.03. The Kier molecular flexibility index (Phi) is 6.81. The molecule has 0 fully saturated rings. The molecule has 2 aromatic rings. The molecule has 1 unspecified atom stereocenters. The van der Waals surface area contributed by atoms with Gasteiger partial charge in [-0.25, -0.2) is 4.79 Å². The van der Waals surface area contributed by atoms with Crippen LogP contribution in [0.5, 0.6) is 5.75 Å². The van der Waals surface area contributed by atoms with E-state index < -0.39 is 18.4 Å². The zero-order chi connectivity index (χ0) is 19.9. The van der Waals surface area contributed by atoms with Crippen molar-refractivity contribution in [1.82, 2.24) is 5.32 Å². The highest BCUT2D eigenvalue weighted by atomic mass is 19.4. The van der Waals surface area contributed by atoms with Crippen molar-refractivity contribution in [3.05, 3.63) is 65.7 Å². The smallest absolute Gasteiger partial charge is 0.467 e. The number of carbonyl (C=O) groups excluding carboxylic acids is 2. The van der Waals surface area contributed by atoms with Crippen molar-refractivity contribution in [3.8, 4) is 5.75 Å². The first-order valence-corrected chi connectivity index (χ1v) is 8.05. The van der Waals surface area contributed by atoms with Gasteiger partial charge < -0.3 is 14.8 Å². The molecular formula is C19H18F3NO4. The monoisotopic (exact) mass is 381 g/mol. The molecule has 0 aliphatic heterocycles. The average Bonchev–Trinajstić information content (AvgIpc) is 2.64. The standard InChI is InChI=1S/C19H18F3NO4/c1-26-18(25)17(14-5-3-2-4-6-14)23-16(24)12-9-13-7-10-15(11-8-13)27-19(20,21)22/h2-8,10-11,17H,9,12H2,1H3,(H,23,24). The molecule has 2 aromatic carbocycles. The molecule has 0 saturated carbocycles. The van der Waals surface area contributed by atoms with Gasteiger partial charge in [-0.05, 0) is 29.7 Å². The maximum Gasteiger partial charge on any atom is 0.573 e. The average molecular weight is 381 g/mol. The van der Waals surface area contributed by atoms with Crippen LogP contribution < -0.4 is 10.1 Å². The molecule has 1 N–H and O–H groups in total. The zero-order valence-corrected chi connectivity index (χ0v) is 14.5. The molecule has 0 saturated heterocycles. The molecule has 0 spiro atoms. The molecule has 0 aliphatic carbocycles. The summed E-state index contributed by atoms with van der Waals surface area (Å²) < 4.78 is 44.9. The lowest BCUT2D eigenvalue weighted by atomic mass is 10.1. The van der Waals surface area contributed by atoms with Crippen LogP contribution in [-0.2, 0) is 20.7 Å². The maximum atomic E-state index is 12.2. The van der Waals surface area contributed by atoms with Crippen molar-refractivity contribution in [3.63, 3.8) is 0 Å². The number of benzene rings is 2. The van der Waals surface area contributed by atoms with Crippen LogP contribution in [0.1, 0.15) is 23.6 Å². The second kappa shape index (κ2) is 9.07. The van der Waals surface area contributed by atoms with Gasteiger partial charge in [0.05, 0.1) is 7.11 Å². The maximum absolute atomic E-state index is 12.2. The van der Waals surface area contributed by atoms with E-state index >= 15 is 0 Å². The number of esters is 1. The topological polar surface area (TPSA) is 64.6 Å². The number of amides is 1. The largest absolute Gasteiger partial charge is 0.573 e. The van der Waals surface area contributed by atoms with Gasteiger partial charge in [0.2, 0.25) is 5.91 Å². The van der Waals surface area contributed by atoms with E-state index in [1.807, 2.05) is 0 Å². The van der Waals surface area contributed by atoms with E-state index in [9.17, 15) is 22.8 Å². The van der Waals surface area contributed by atoms with E-state index in [4.69, 9.17) is 4.74 Å². The fourth-order valence-corrected chi connectivity index (χ4v) is 2.39. The van der Waals surface area contributed by atoms with Crippen molar-refractivity contribution in [2.45, 2.75) is 25.2 Å². The molecule has 8 heteroatoms. The lowest BCUT2D eigenvalue weighted by Gasteiger charge is -2.17. The number of methoxy groups -OCH3 is 1. The Morgan fingerprint density at radius 1 is 1.04 bits per heavy atom. The summed E-state index contributed by atoms with van der Waals surface area (Å²) in [5.41, 5.74) is 1.25. The van der Waals surface area contributed by atoms with Crippen LogP contribution >= 0.6 is 0 Å². The second-order valence-electron chi connectivity index (χ2n) is 5.63. The third kappa shape index (κ3) is 6.65. The van der Waals surface area contributed by atoms with Gasteiger partial charge in [0, 0.05) is 6.42 Å². The Bertz CT molecular complexity index is 761. The summed E-state index contributed by atoms with van der Waals surface area (Å²) in [4.78, 5) is 24.1. The molecule has 1 atom stereocenters. The summed E-state index contributed by atoms with van der Waals surface area (Å²) in [5.74, 6) is -1.31. The number of nitrogens with one attached hydrogen (secondary N) is 1. The van der Waals surface area contributed by atoms with Gasteiger partial charge in [0.15, 0.2) is 6.04 Å². The molecule has 5 nitrogen and oxygen atoms in total. The first-order valence-electron chi connectivity index (χ1n) is 8.05. The van der Waals surface area contributed by atoms with E-state index in [1.165, 1.54) is 31.4 Å². The van der Waals surface area contributed by atoms with Gasteiger partial charge in [-0.2, -0.15) is 0 Å². The quantitative estimate of drug-likeness (QED) is 0.745. The fourth-order valence-electron chi connectivity index (χ4n) is 2.39. The number of aryl methyl sites for hydroxylation is 1. The summed E-state index contributed by atoms with van der Waals surface area (Å²) in [6, 6.07) is 13.0. The van der Waals surface area contributed by atoms with Crippen molar-refractivity contribution in [2.24, 2.45) is 0 Å². The van der Waals surface area contributed by atoms with Crippen LogP contribution in [0.4, 0.5) is 13.2 Å². The van der Waals surface area contributed by atoms with Crippen LogP contribution in [0.2, 0.25) is 0 Å². The summed E-state index contributed by atoms with van der Waals surface area (Å²) in [7, 11) is 1.23. The molecule has 0 aliphatic rings. The van der Waals surface area contributed by atoms with E-state index in [0.717, 1.165) is 0 Å². The van der Waals surface area contributed by atoms with Crippen LogP contribution in [0, 0.1) is 0 Å². The van der Waals surface area contributed by atoms with E-state index in [-0.39, 0.29) is 18.1 Å². The Morgan fingerprint density at radius 3 is 2.22 bits per heavy atom. The Balaban J connectivity index is 1.93. The number of ether oxygens (including phenoxy) is 2. The van der Waals surface area contributed by atoms with E-state index in [1.54, 1.807) is 30.3 Å². The van der Waals surface area contributed by atoms with Gasteiger partial charge in [-0.3, -0.25) is 4.79 Å². The first kappa shape index (κ1) is 20.3. The first-order chi connectivity index (χ1) is 12.8. The highest BCUT2D eigenvalue weighted by molar-refractivity contribution is 5.85. The molecule has 144 valence electrons. The van der Waals surface area contributed by atoms with Crippen LogP contribution in [0.3, 0.4) is 0 Å². The molecule has 0 heterocycles. The van der Waals surface area contributed by atoms with Gasteiger partial charge in [0.25, 0.3) is 0 Å². The van der Waals surface area contributed by atoms with Crippen molar-refractivity contribution in [2.75, 3.05) is 7.11 Å². The third-order valence-corrected chi connectivity index (χ3v) is 3.67. The normalized spacial score (nSPS) is 12.1. The molecule has 0 bridgehead atoms. The number of halogens is 3. The molecule has 27 heavy (non-hydrogen) atoms. The highest BCUT2D eigenvalue weighted by Crippen LogP contribution is 2.23. The minimum atomic E-state index is -4.75. The van der Waals surface area contributed by atoms with E-state index in [2.05, 4.69) is 10.1 Å². The summed E-state index contributed by atoms with van der Waals surface area (Å²) in [5, 5.41) is 2.61. The summed E-state index contributed by atoms with van der Waals surface area (Å²) >= 11 is 0. The van der Waals surface area contributed by atoms with Crippen LogP contribution in [0.15, 0.2) is 54.6 Å². The molecule has 1 amide bonds. The van der Waals surface area contributed by atoms with Crippen molar-refractivity contribution >= 4 is 11.9 Å². The third-order valence-electron chi connectivity index (χ3n) is 3.67. The van der Waals surface area contributed by atoms with Crippen LogP contribution in [0.25, 0.3) is 0 Å². The lowest BCUT2D eigenvalue weighted by molar-refractivity contribution is -0.274. The van der Waals surface area contributed by atoms with Gasteiger partial charge in [-0.15, -0.1) is 13.2 Å². The Morgan fingerprint density at radius 2 is 1.67 bits per heavy atom. The number of alkyl halides is 3. The molecule has 0 radical (unpaired) electrons. The molecule has 0 aromatic heterocycles. The summed E-state index contributed by atoms with van der Waals surface area (Å²) in [6.07, 6.45) is -4.40. The predicted octanol–water partition coefficient (Wildman–Crippen LogP) is 3.55. The van der Waals surface area contributed by atoms with Crippen molar-refractivity contribution in [1.29, 1.82) is 0 Å². The zero-order valence-electron chi connectivity index (χ0n) is 14.5. The van der Waals surface area contributed by atoms with Gasteiger partial charge in [0.1, 0.15) is 5.75 Å². The molecular weight excluding hydrogens is 363 g/mol.